The van der Waals surface area contributed by atoms with Crippen molar-refractivity contribution in [1.29, 1.82) is 0 Å². The Bertz CT molecular complexity index is 1710. The molecule has 4 bridgehead atoms. The number of benzene rings is 1. The minimum absolute atomic E-state index is 0.0660. The molecule has 5 aliphatic rings. The molecule has 6 rings (SSSR count). The van der Waals surface area contributed by atoms with Crippen molar-refractivity contribution < 1.29 is 41.9 Å². The van der Waals surface area contributed by atoms with Crippen molar-refractivity contribution in [3.05, 3.63) is 53.6 Å². The molecule has 51 heavy (non-hydrogen) atoms. The number of ether oxygens (including phenoxy) is 2. The van der Waals surface area contributed by atoms with Crippen LogP contribution in [0.3, 0.4) is 0 Å². The van der Waals surface area contributed by atoms with Crippen molar-refractivity contribution >= 4 is 46.0 Å². The van der Waals surface area contributed by atoms with Crippen LogP contribution in [0, 0.1) is 5.92 Å². The Balaban J connectivity index is 1.26. The summed E-state index contributed by atoms with van der Waals surface area (Å²) in [4.78, 5) is 71.1. The first kappa shape index (κ1) is 36.4. The summed E-state index contributed by atoms with van der Waals surface area (Å²) in [7, 11) is -3.90. The summed E-state index contributed by atoms with van der Waals surface area (Å²) in [6.45, 7) is 6.47. The van der Waals surface area contributed by atoms with E-state index in [2.05, 4.69) is 21.9 Å². The highest BCUT2D eigenvalue weighted by Crippen LogP contribution is 2.45. The van der Waals surface area contributed by atoms with Crippen LogP contribution in [0.25, 0.3) is 6.08 Å². The molecule has 3 N–H and O–H groups in total. The molecule has 1 aromatic carbocycles. The molecule has 0 radical (unpaired) electrons. The van der Waals surface area contributed by atoms with Gasteiger partial charge < -0.3 is 29.9 Å². The van der Waals surface area contributed by atoms with Gasteiger partial charge in [-0.3, -0.25) is 19.1 Å². The molecule has 0 spiro atoms. The number of fused-ring (bicyclic) bond motifs is 3. The molecule has 15 heteroatoms. The zero-order valence-electron chi connectivity index (χ0n) is 28.9. The highest BCUT2D eigenvalue weighted by molar-refractivity contribution is 7.91. The molecule has 3 fully saturated rings. The lowest BCUT2D eigenvalue weighted by Gasteiger charge is -2.30. The third-order valence-electron chi connectivity index (χ3n) is 10.4. The van der Waals surface area contributed by atoms with Gasteiger partial charge in [0.15, 0.2) is 0 Å². The van der Waals surface area contributed by atoms with Crippen molar-refractivity contribution in [2.45, 2.75) is 107 Å². The number of cyclic esters (lactones) is 1. The smallest absolute Gasteiger partial charge is 0.410 e. The second-order valence-corrected chi connectivity index (χ2v) is 16.1. The molecule has 0 aromatic heterocycles. The van der Waals surface area contributed by atoms with Gasteiger partial charge in [0.25, 0.3) is 5.91 Å². The highest BCUT2D eigenvalue weighted by Gasteiger charge is 2.62. The Kier molecular flexibility index (Phi) is 10.7. The summed E-state index contributed by atoms with van der Waals surface area (Å²) < 4.78 is 38.8. The van der Waals surface area contributed by atoms with Crippen molar-refractivity contribution in [2.75, 3.05) is 19.7 Å². The largest absolute Gasteiger partial charge is 0.450 e. The van der Waals surface area contributed by atoms with Crippen LogP contribution in [-0.4, -0.2) is 96.8 Å². The topological polar surface area (TPSA) is 181 Å². The molecule has 2 saturated carbocycles. The predicted octanol–water partition coefficient (Wildman–Crippen LogP) is 2.91. The fourth-order valence-corrected chi connectivity index (χ4v) is 8.52. The fourth-order valence-electron chi connectivity index (χ4n) is 7.16. The molecule has 276 valence electrons. The number of allylic oxidation sites excluding steroid dienone is 1. The molecule has 5 atom stereocenters. The lowest BCUT2D eigenvalue weighted by molar-refractivity contribution is -0.141. The van der Waals surface area contributed by atoms with Gasteiger partial charge in [-0.2, -0.15) is 0 Å². The van der Waals surface area contributed by atoms with E-state index in [-0.39, 0.29) is 32.4 Å². The average molecular weight is 726 g/mol. The molecule has 1 aromatic rings. The van der Waals surface area contributed by atoms with Crippen molar-refractivity contribution in [3.63, 3.8) is 0 Å². The summed E-state index contributed by atoms with van der Waals surface area (Å²) in [6.07, 6.45) is 7.72. The average Bonchev–Trinajstić information content (AvgIpc) is 4.04. The van der Waals surface area contributed by atoms with Crippen LogP contribution in [0.15, 0.2) is 36.9 Å². The second kappa shape index (κ2) is 15.1. The quantitative estimate of drug-likeness (QED) is 0.323. The monoisotopic (exact) mass is 725 g/mol. The van der Waals surface area contributed by atoms with Crippen LogP contribution < -0.4 is 15.4 Å². The zero-order valence-corrected chi connectivity index (χ0v) is 29.8. The van der Waals surface area contributed by atoms with Crippen LogP contribution >= 0.6 is 0 Å². The van der Waals surface area contributed by atoms with Gasteiger partial charge in [0.2, 0.25) is 21.8 Å². The Morgan fingerprint density at radius 3 is 2.73 bits per heavy atom. The van der Waals surface area contributed by atoms with E-state index < -0.39 is 74.8 Å². The van der Waals surface area contributed by atoms with Gasteiger partial charge in [-0.05, 0) is 61.6 Å². The molecule has 2 aliphatic carbocycles. The van der Waals surface area contributed by atoms with E-state index in [1.807, 2.05) is 37.3 Å². The van der Waals surface area contributed by atoms with Gasteiger partial charge in [0.05, 0.1) is 18.4 Å². The number of hydrogen-bond donors (Lipinski definition) is 3. The standard InChI is InChI=1S/C36H47N5O9S/c1-3-5-13-29-32(43)41-21-26(19-30(41)31(42)38-36(20-25(36)4-2)33(44)39-51(47,48)27-14-15-27)50-35(46)40-17-16-24-12-9-11-23(28(24)22-40)10-7-6-8-18-49-34(45)37-29/h4,7,9-12,25-27,29-30H,2-3,5-6,8,13-22H2,1H3,(H,37,45)(H,38,42)(H,39,44)/b10-7+/t25-,26-,29+,30+,36-/m1/s1. The Morgan fingerprint density at radius 1 is 1.20 bits per heavy atom. The minimum Gasteiger partial charge on any atom is -0.450 e. The van der Waals surface area contributed by atoms with Crippen molar-refractivity contribution in [2.24, 2.45) is 5.92 Å². The number of sulfonamides is 1. The van der Waals surface area contributed by atoms with Crippen LogP contribution in [0.4, 0.5) is 9.59 Å². The number of alkyl carbamates (subject to hydrolysis) is 1. The number of carbonyl (C=O) groups is 5. The van der Waals surface area contributed by atoms with Gasteiger partial charge in [0, 0.05) is 25.4 Å². The zero-order chi connectivity index (χ0) is 36.3. The second-order valence-electron chi connectivity index (χ2n) is 14.1. The Morgan fingerprint density at radius 2 is 2.00 bits per heavy atom. The Hall–Kier alpha value is -4.40. The van der Waals surface area contributed by atoms with Crippen LogP contribution in [0.5, 0.6) is 0 Å². The van der Waals surface area contributed by atoms with Gasteiger partial charge >= 0.3 is 12.2 Å². The van der Waals surface area contributed by atoms with E-state index in [0.29, 0.717) is 51.6 Å². The van der Waals surface area contributed by atoms with E-state index in [1.165, 1.54) is 11.0 Å². The van der Waals surface area contributed by atoms with Gasteiger partial charge in [-0.25, -0.2) is 18.0 Å². The van der Waals surface area contributed by atoms with E-state index in [4.69, 9.17) is 9.47 Å². The molecular weight excluding hydrogens is 678 g/mol. The number of carbonyl (C=O) groups excluding carboxylic acids is 5. The van der Waals surface area contributed by atoms with Crippen molar-refractivity contribution in [1.82, 2.24) is 25.2 Å². The number of nitrogens with one attached hydrogen (secondary N) is 3. The first-order chi connectivity index (χ1) is 24.5. The van der Waals surface area contributed by atoms with E-state index in [0.717, 1.165) is 23.1 Å². The van der Waals surface area contributed by atoms with Crippen molar-refractivity contribution in [3.8, 4) is 0 Å². The van der Waals surface area contributed by atoms with E-state index >= 15 is 0 Å². The number of rotatable bonds is 9. The maximum atomic E-state index is 14.2. The predicted molar refractivity (Wildman–Crippen MR) is 186 cm³/mol. The molecule has 3 aliphatic heterocycles. The highest BCUT2D eigenvalue weighted by atomic mass is 32.2. The van der Waals surface area contributed by atoms with Crippen LogP contribution in [0.1, 0.15) is 81.4 Å². The molecule has 1 saturated heterocycles. The summed E-state index contributed by atoms with van der Waals surface area (Å²) in [6, 6.07) is 3.81. The van der Waals surface area contributed by atoms with Crippen LogP contribution in [-0.2, 0) is 46.8 Å². The maximum absolute atomic E-state index is 14.2. The third kappa shape index (κ3) is 8.08. The van der Waals surface area contributed by atoms with Gasteiger partial charge in [-0.1, -0.05) is 56.2 Å². The molecular formula is C36H47N5O9S. The van der Waals surface area contributed by atoms with Crippen LogP contribution in [0.2, 0.25) is 0 Å². The SMILES string of the molecule is C=C[C@@H]1C[C@]1(NC(=O)[C@@H]1C[C@@H]2CN1C(=O)[C@H](CCCC)NC(=O)OCCC/C=C/c1cccc3c1CN(CC3)C(=O)O2)C(=O)NS(=O)(=O)C1CC1. The normalized spacial score (nSPS) is 28.9. The number of amides is 5. The number of hydrogen-bond acceptors (Lipinski definition) is 9. The summed E-state index contributed by atoms with van der Waals surface area (Å²) in [5.41, 5.74) is 1.57. The van der Waals surface area contributed by atoms with E-state index in [1.54, 1.807) is 4.90 Å². The molecule has 5 amide bonds. The van der Waals surface area contributed by atoms with Gasteiger partial charge in [0.1, 0.15) is 23.7 Å². The first-order valence-corrected chi connectivity index (χ1v) is 19.5. The number of nitrogens with zero attached hydrogens (tertiary/aromatic N) is 2. The number of unbranched alkanes of at least 4 members (excludes halogenated alkanes) is 1. The molecule has 14 nitrogen and oxygen atoms in total. The fraction of sp³-hybridized carbons (Fsp3) is 0.583. The summed E-state index contributed by atoms with van der Waals surface area (Å²) in [5.74, 6) is -2.64. The molecule has 0 unspecified atom stereocenters. The first-order valence-electron chi connectivity index (χ1n) is 17.9. The minimum atomic E-state index is -3.90. The van der Waals surface area contributed by atoms with Gasteiger partial charge in [-0.15, -0.1) is 6.58 Å². The Labute approximate surface area is 298 Å². The lowest BCUT2D eigenvalue weighted by atomic mass is 9.94. The maximum Gasteiger partial charge on any atom is 0.410 e. The summed E-state index contributed by atoms with van der Waals surface area (Å²) >= 11 is 0. The van der Waals surface area contributed by atoms with E-state index in [9.17, 15) is 32.4 Å². The summed E-state index contributed by atoms with van der Waals surface area (Å²) in [5, 5.41) is 4.78. The lowest BCUT2D eigenvalue weighted by Crippen LogP contribution is -2.58. The third-order valence-corrected chi connectivity index (χ3v) is 12.2. The molecule has 3 heterocycles.